The minimum atomic E-state index is -0.367. The second-order valence-electron chi connectivity index (χ2n) is 4.13. The summed E-state index contributed by atoms with van der Waals surface area (Å²) in [6.07, 6.45) is 2.07. The van der Waals surface area contributed by atoms with Gasteiger partial charge in [-0.3, -0.25) is 9.59 Å². The largest absolute Gasteiger partial charge is 0.395 e. The van der Waals surface area contributed by atoms with Gasteiger partial charge in [-0.1, -0.05) is 11.8 Å². The highest BCUT2D eigenvalue weighted by Gasteiger charge is 2.11. The predicted octanol–water partition coefficient (Wildman–Crippen LogP) is 0.0715. The molecule has 2 amide bonds. The molecule has 21 heavy (non-hydrogen) atoms. The van der Waals surface area contributed by atoms with Crippen molar-refractivity contribution in [3.63, 3.8) is 0 Å². The number of nitrogens with one attached hydrogen (secondary N) is 2. The van der Waals surface area contributed by atoms with Crippen LogP contribution >= 0.6 is 0 Å². The molecule has 0 fully saturated rings. The van der Waals surface area contributed by atoms with Crippen LogP contribution in [0.4, 0.5) is 0 Å². The Morgan fingerprint density at radius 3 is 2.90 bits per heavy atom. The summed E-state index contributed by atoms with van der Waals surface area (Å²) >= 11 is 0. The number of carbonyl (C=O) groups is 2. The zero-order valence-corrected chi connectivity index (χ0v) is 12.0. The van der Waals surface area contributed by atoms with E-state index in [9.17, 15) is 9.59 Å². The van der Waals surface area contributed by atoms with Crippen LogP contribution in [0.3, 0.4) is 0 Å². The van der Waals surface area contributed by atoms with Crippen LogP contribution in [0.1, 0.15) is 35.8 Å². The van der Waals surface area contributed by atoms with Gasteiger partial charge in [-0.25, -0.2) is 4.98 Å². The van der Waals surface area contributed by atoms with Gasteiger partial charge >= 0.3 is 0 Å². The number of pyridine rings is 1. The third-order valence-electron chi connectivity index (χ3n) is 2.49. The first-order chi connectivity index (χ1) is 10.2. The predicted molar refractivity (Wildman–Crippen MR) is 78.5 cm³/mol. The molecule has 0 aliphatic rings. The lowest BCUT2D eigenvalue weighted by Crippen LogP contribution is -2.31. The minimum absolute atomic E-state index is 0.0265. The molecule has 0 radical (unpaired) electrons. The Morgan fingerprint density at radius 2 is 2.19 bits per heavy atom. The normalized spacial score (nSPS) is 9.43. The van der Waals surface area contributed by atoms with E-state index in [1.807, 2.05) is 6.92 Å². The van der Waals surface area contributed by atoms with Crippen LogP contribution in [0.15, 0.2) is 18.3 Å². The monoisotopic (exact) mass is 289 g/mol. The summed E-state index contributed by atoms with van der Waals surface area (Å²) in [5.41, 5.74) is 0.722. The van der Waals surface area contributed by atoms with Crippen LogP contribution in [0.25, 0.3) is 0 Å². The fraction of sp³-hybridized carbons (Fsp3) is 0.400. The number of hydrogen-bond donors (Lipinski definition) is 3. The molecular formula is C15H19N3O3. The van der Waals surface area contributed by atoms with Gasteiger partial charge in [0, 0.05) is 32.1 Å². The van der Waals surface area contributed by atoms with E-state index in [4.69, 9.17) is 5.11 Å². The van der Waals surface area contributed by atoms with Crippen molar-refractivity contribution in [1.82, 2.24) is 15.6 Å². The van der Waals surface area contributed by atoms with Gasteiger partial charge in [0.1, 0.15) is 5.69 Å². The molecular weight excluding hydrogens is 270 g/mol. The molecule has 1 heterocycles. The molecule has 0 atom stereocenters. The van der Waals surface area contributed by atoms with Crippen LogP contribution in [-0.4, -0.2) is 41.6 Å². The summed E-state index contributed by atoms with van der Waals surface area (Å²) in [5, 5.41) is 14.0. The summed E-state index contributed by atoms with van der Waals surface area (Å²) in [4.78, 5) is 27.3. The maximum absolute atomic E-state index is 12.0. The minimum Gasteiger partial charge on any atom is -0.395 e. The number of aromatic nitrogens is 1. The molecule has 1 rings (SSSR count). The molecule has 3 N–H and O–H groups in total. The van der Waals surface area contributed by atoms with Gasteiger partial charge in [0.25, 0.3) is 5.91 Å². The average Bonchev–Trinajstić information content (AvgIpc) is 2.48. The van der Waals surface area contributed by atoms with Crippen molar-refractivity contribution in [3.05, 3.63) is 29.6 Å². The molecule has 0 saturated carbocycles. The highest BCUT2D eigenvalue weighted by molar-refractivity contribution is 5.94. The molecule has 0 bridgehead atoms. The summed E-state index contributed by atoms with van der Waals surface area (Å²) in [6.45, 7) is 2.62. The Labute approximate surface area is 124 Å². The molecule has 6 nitrogen and oxygen atoms in total. The van der Waals surface area contributed by atoms with E-state index in [0.717, 1.165) is 0 Å². The average molecular weight is 289 g/mol. The third kappa shape index (κ3) is 6.06. The van der Waals surface area contributed by atoms with Crippen molar-refractivity contribution in [1.29, 1.82) is 0 Å². The lowest BCUT2D eigenvalue weighted by molar-refractivity contribution is -0.120. The first kappa shape index (κ1) is 16.7. The number of amides is 2. The first-order valence-electron chi connectivity index (χ1n) is 6.78. The second kappa shape index (κ2) is 9.50. The maximum atomic E-state index is 12.0. The number of hydrogen-bond acceptors (Lipinski definition) is 4. The number of carbonyl (C=O) groups excluding carboxylic acids is 2. The SMILES string of the molecule is CCNC(=O)CCNC(=O)c1ncccc1C#CCCO. The van der Waals surface area contributed by atoms with Crippen molar-refractivity contribution >= 4 is 11.8 Å². The topological polar surface area (TPSA) is 91.3 Å². The molecule has 1 aromatic heterocycles. The van der Waals surface area contributed by atoms with Crippen molar-refractivity contribution in [2.75, 3.05) is 19.7 Å². The van der Waals surface area contributed by atoms with Gasteiger partial charge in [-0.2, -0.15) is 0 Å². The molecule has 0 aliphatic heterocycles. The van der Waals surface area contributed by atoms with Gasteiger partial charge in [-0.05, 0) is 19.1 Å². The Bertz CT molecular complexity index is 547. The summed E-state index contributed by atoms with van der Waals surface area (Å²) in [5.74, 6) is 5.08. The van der Waals surface area contributed by atoms with Crippen molar-refractivity contribution in [3.8, 4) is 11.8 Å². The van der Waals surface area contributed by atoms with E-state index in [1.165, 1.54) is 6.20 Å². The third-order valence-corrected chi connectivity index (χ3v) is 2.49. The number of nitrogens with zero attached hydrogens (tertiary/aromatic N) is 1. The van der Waals surface area contributed by atoms with E-state index < -0.39 is 0 Å². The summed E-state index contributed by atoms with van der Waals surface area (Å²) < 4.78 is 0. The van der Waals surface area contributed by atoms with Gasteiger partial charge in [0.05, 0.1) is 12.2 Å². The van der Waals surface area contributed by atoms with E-state index in [1.54, 1.807) is 12.1 Å². The van der Waals surface area contributed by atoms with E-state index >= 15 is 0 Å². The molecule has 6 heteroatoms. The van der Waals surface area contributed by atoms with Gasteiger partial charge in [-0.15, -0.1) is 0 Å². The first-order valence-corrected chi connectivity index (χ1v) is 6.78. The number of rotatable bonds is 6. The van der Waals surface area contributed by atoms with Crippen LogP contribution in [0.2, 0.25) is 0 Å². The Hall–Kier alpha value is -2.39. The summed E-state index contributed by atoms with van der Waals surface area (Å²) in [6, 6.07) is 3.38. The zero-order valence-electron chi connectivity index (χ0n) is 12.0. The van der Waals surface area contributed by atoms with E-state index in [-0.39, 0.29) is 37.1 Å². The van der Waals surface area contributed by atoms with Crippen LogP contribution < -0.4 is 10.6 Å². The fourth-order valence-corrected chi connectivity index (χ4v) is 1.56. The molecule has 0 saturated heterocycles. The second-order valence-corrected chi connectivity index (χ2v) is 4.13. The Morgan fingerprint density at radius 1 is 1.38 bits per heavy atom. The van der Waals surface area contributed by atoms with Crippen molar-refractivity contribution in [2.45, 2.75) is 19.8 Å². The van der Waals surface area contributed by atoms with Crippen molar-refractivity contribution < 1.29 is 14.7 Å². The molecule has 1 aromatic rings. The van der Waals surface area contributed by atoms with Gasteiger partial charge < -0.3 is 15.7 Å². The lowest BCUT2D eigenvalue weighted by atomic mass is 10.2. The van der Waals surface area contributed by atoms with Gasteiger partial charge in [0.2, 0.25) is 5.91 Å². The van der Waals surface area contributed by atoms with E-state index in [0.29, 0.717) is 18.5 Å². The molecule has 0 aromatic carbocycles. The maximum Gasteiger partial charge on any atom is 0.271 e. The van der Waals surface area contributed by atoms with Crippen LogP contribution in [-0.2, 0) is 4.79 Å². The highest BCUT2D eigenvalue weighted by Crippen LogP contribution is 2.03. The van der Waals surface area contributed by atoms with E-state index in [2.05, 4.69) is 27.5 Å². The Kier molecular flexibility index (Phi) is 7.54. The molecule has 0 unspecified atom stereocenters. The van der Waals surface area contributed by atoms with Crippen LogP contribution in [0, 0.1) is 11.8 Å². The fourth-order valence-electron chi connectivity index (χ4n) is 1.56. The highest BCUT2D eigenvalue weighted by atomic mass is 16.2. The smallest absolute Gasteiger partial charge is 0.271 e. The zero-order chi connectivity index (χ0) is 15.5. The van der Waals surface area contributed by atoms with Crippen molar-refractivity contribution in [2.24, 2.45) is 0 Å². The number of aliphatic hydroxyl groups excluding tert-OH is 1. The molecule has 112 valence electrons. The Balaban J connectivity index is 2.62. The summed E-state index contributed by atoms with van der Waals surface area (Å²) in [7, 11) is 0. The lowest BCUT2D eigenvalue weighted by Gasteiger charge is -2.06. The van der Waals surface area contributed by atoms with Gasteiger partial charge in [0.15, 0.2) is 0 Å². The molecule has 0 spiro atoms. The van der Waals surface area contributed by atoms with Crippen LogP contribution in [0.5, 0.6) is 0 Å². The standard InChI is InChI=1S/C15H19N3O3/c1-2-16-13(20)8-10-18-15(21)14-12(6-3-4-11-19)7-5-9-17-14/h5,7,9,19H,2,4,8,10-11H2,1H3,(H,16,20)(H,18,21). The molecule has 0 aliphatic carbocycles. The number of aliphatic hydroxyl groups is 1. The quantitative estimate of drug-likeness (QED) is 0.646.